The third-order valence-electron chi connectivity index (χ3n) is 5.58. The van der Waals surface area contributed by atoms with Gasteiger partial charge < -0.3 is 9.22 Å². The molecule has 0 spiro atoms. The molecule has 1 saturated heterocycles. The standard InChI is InChI=1S/C22H24F6NO/c1-29(2)10-6-9-19(20(29)16-7-4-3-5-8-16)30-14-15-11-17(21(23,24)25)13-18(12-15)22(26,27)28/h3-5,7-8,11-13,19-20H,6,9-10,14H2,1-2H3/q+1/t19-,20-/m0/s1. The number of halogens is 6. The minimum Gasteiger partial charge on any atom is -0.367 e. The van der Waals surface area contributed by atoms with Gasteiger partial charge in [0, 0.05) is 5.56 Å². The van der Waals surface area contributed by atoms with Crippen molar-refractivity contribution in [2.45, 2.75) is 43.9 Å². The van der Waals surface area contributed by atoms with E-state index < -0.39 is 23.5 Å². The van der Waals surface area contributed by atoms with Gasteiger partial charge in [0.25, 0.3) is 0 Å². The van der Waals surface area contributed by atoms with Crippen molar-refractivity contribution >= 4 is 0 Å². The number of piperidine rings is 1. The van der Waals surface area contributed by atoms with Crippen LogP contribution in [0.2, 0.25) is 0 Å². The normalized spacial score (nSPS) is 22.1. The number of benzene rings is 2. The number of alkyl halides is 6. The summed E-state index contributed by atoms with van der Waals surface area (Å²) in [5.74, 6) is 0. The molecule has 2 aromatic rings. The van der Waals surface area contributed by atoms with Gasteiger partial charge in [0.2, 0.25) is 0 Å². The molecule has 1 fully saturated rings. The summed E-state index contributed by atoms with van der Waals surface area (Å²) in [6.45, 7) is 0.586. The van der Waals surface area contributed by atoms with E-state index in [1.807, 2.05) is 30.3 Å². The van der Waals surface area contributed by atoms with Crippen LogP contribution >= 0.6 is 0 Å². The van der Waals surface area contributed by atoms with Crippen molar-refractivity contribution in [1.82, 2.24) is 0 Å². The second-order valence-electron chi connectivity index (χ2n) is 8.26. The molecule has 0 unspecified atom stereocenters. The van der Waals surface area contributed by atoms with Crippen molar-refractivity contribution in [3.8, 4) is 0 Å². The molecule has 0 radical (unpaired) electrons. The van der Waals surface area contributed by atoms with E-state index in [-0.39, 0.29) is 30.4 Å². The molecule has 2 atom stereocenters. The van der Waals surface area contributed by atoms with E-state index in [9.17, 15) is 26.3 Å². The van der Waals surface area contributed by atoms with Gasteiger partial charge in [-0.2, -0.15) is 26.3 Å². The Morgan fingerprint density at radius 2 is 1.47 bits per heavy atom. The maximum absolute atomic E-state index is 13.1. The lowest BCUT2D eigenvalue weighted by Gasteiger charge is -2.45. The fraction of sp³-hybridized carbons (Fsp3) is 0.455. The van der Waals surface area contributed by atoms with Crippen LogP contribution in [0, 0.1) is 0 Å². The molecular weight excluding hydrogens is 408 g/mol. The Bertz CT molecular complexity index is 828. The third kappa shape index (κ3) is 5.16. The van der Waals surface area contributed by atoms with Crippen LogP contribution in [0.15, 0.2) is 48.5 Å². The van der Waals surface area contributed by atoms with Crippen molar-refractivity contribution in [3.05, 3.63) is 70.8 Å². The van der Waals surface area contributed by atoms with Gasteiger partial charge in [-0.3, -0.25) is 0 Å². The zero-order valence-corrected chi connectivity index (χ0v) is 16.7. The highest BCUT2D eigenvalue weighted by Gasteiger charge is 2.41. The maximum atomic E-state index is 13.1. The zero-order valence-electron chi connectivity index (χ0n) is 16.7. The lowest BCUT2D eigenvalue weighted by Crippen LogP contribution is -2.52. The fourth-order valence-electron chi connectivity index (χ4n) is 4.20. The van der Waals surface area contributed by atoms with Gasteiger partial charge in [0.15, 0.2) is 0 Å². The highest BCUT2D eigenvalue weighted by Crippen LogP contribution is 2.39. The number of hydrogen-bond acceptors (Lipinski definition) is 1. The number of nitrogens with zero attached hydrogens (tertiary/aromatic N) is 1. The maximum Gasteiger partial charge on any atom is 0.416 e. The average molecular weight is 432 g/mol. The first kappa shape index (κ1) is 22.6. The summed E-state index contributed by atoms with van der Waals surface area (Å²) in [5.41, 5.74) is -1.75. The van der Waals surface area contributed by atoms with Crippen molar-refractivity contribution in [3.63, 3.8) is 0 Å². The van der Waals surface area contributed by atoms with Crippen LogP contribution in [0.5, 0.6) is 0 Å². The molecule has 0 amide bonds. The average Bonchev–Trinajstić information content (AvgIpc) is 2.64. The largest absolute Gasteiger partial charge is 0.416 e. The van der Waals surface area contributed by atoms with E-state index in [1.54, 1.807) is 0 Å². The van der Waals surface area contributed by atoms with E-state index in [2.05, 4.69) is 14.1 Å². The van der Waals surface area contributed by atoms with Gasteiger partial charge in [-0.1, -0.05) is 30.3 Å². The Morgan fingerprint density at radius 3 is 2.00 bits per heavy atom. The Balaban J connectivity index is 1.87. The molecular formula is C22H24F6NO+. The number of quaternary nitrogens is 1. The summed E-state index contributed by atoms with van der Waals surface area (Å²) in [6, 6.07) is 11.2. The topological polar surface area (TPSA) is 9.23 Å². The van der Waals surface area contributed by atoms with Crippen LogP contribution in [0.4, 0.5) is 26.3 Å². The summed E-state index contributed by atoms with van der Waals surface area (Å²) in [4.78, 5) is 0. The Labute approximate surface area is 171 Å². The molecule has 1 aliphatic heterocycles. The van der Waals surface area contributed by atoms with Gasteiger partial charge >= 0.3 is 12.4 Å². The number of ether oxygens (including phenoxy) is 1. The van der Waals surface area contributed by atoms with Crippen LogP contribution in [-0.4, -0.2) is 31.2 Å². The molecule has 1 heterocycles. The fourth-order valence-corrected chi connectivity index (χ4v) is 4.20. The molecule has 0 aromatic heterocycles. The molecule has 1 aliphatic rings. The summed E-state index contributed by atoms with van der Waals surface area (Å²) >= 11 is 0. The summed E-state index contributed by atoms with van der Waals surface area (Å²) in [6.07, 6.45) is -8.51. The smallest absolute Gasteiger partial charge is 0.367 e. The van der Waals surface area contributed by atoms with E-state index in [4.69, 9.17) is 4.74 Å². The van der Waals surface area contributed by atoms with Crippen molar-refractivity contribution in [1.29, 1.82) is 0 Å². The monoisotopic (exact) mass is 432 g/mol. The van der Waals surface area contributed by atoms with Crippen LogP contribution in [-0.2, 0) is 23.7 Å². The van der Waals surface area contributed by atoms with E-state index >= 15 is 0 Å². The van der Waals surface area contributed by atoms with E-state index in [0.29, 0.717) is 10.9 Å². The highest BCUT2D eigenvalue weighted by atomic mass is 19.4. The van der Waals surface area contributed by atoms with Crippen LogP contribution in [0.25, 0.3) is 0 Å². The molecule has 0 bridgehead atoms. The van der Waals surface area contributed by atoms with Crippen LogP contribution in [0.3, 0.4) is 0 Å². The second-order valence-corrected chi connectivity index (χ2v) is 8.26. The van der Waals surface area contributed by atoms with Crippen LogP contribution in [0.1, 0.15) is 41.1 Å². The quantitative estimate of drug-likeness (QED) is 0.412. The number of hydrogen-bond donors (Lipinski definition) is 0. The highest BCUT2D eigenvalue weighted by molar-refractivity contribution is 5.33. The SMILES string of the molecule is C[N+]1(C)CCC[C@H](OCc2cc(C(F)(F)F)cc(C(F)(F)F)c2)[C@@H]1c1ccccc1. The van der Waals surface area contributed by atoms with Crippen molar-refractivity contribution < 1.29 is 35.6 Å². The Kier molecular flexibility index (Phi) is 6.20. The summed E-state index contributed by atoms with van der Waals surface area (Å²) in [7, 11) is 4.11. The molecule has 0 N–H and O–H groups in total. The van der Waals surface area contributed by atoms with E-state index in [0.717, 1.165) is 30.7 Å². The van der Waals surface area contributed by atoms with Crippen molar-refractivity contribution in [2.24, 2.45) is 0 Å². The molecule has 0 aliphatic carbocycles. The number of likely N-dealkylation sites (N-methyl/N-ethyl adjacent to an activating group) is 1. The molecule has 164 valence electrons. The third-order valence-corrected chi connectivity index (χ3v) is 5.58. The molecule has 8 heteroatoms. The van der Waals surface area contributed by atoms with Gasteiger partial charge in [-0.15, -0.1) is 0 Å². The van der Waals surface area contributed by atoms with Gasteiger partial charge in [0.1, 0.15) is 12.1 Å². The summed E-state index contributed by atoms with van der Waals surface area (Å²) < 4.78 is 85.2. The lowest BCUT2D eigenvalue weighted by atomic mass is 9.90. The predicted molar refractivity (Wildman–Crippen MR) is 100 cm³/mol. The van der Waals surface area contributed by atoms with Gasteiger partial charge in [0.05, 0.1) is 38.4 Å². The lowest BCUT2D eigenvalue weighted by molar-refractivity contribution is -0.930. The molecule has 30 heavy (non-hydrogen) atoms. The minimum absolute atomic E-state index is 0.0622. The molecule has 2 nitrogen and oxygen atoms in total. The minimum atomic E-state index is -4.87. The molecule has 0 saturated carbocycles. The first-order chi connectivity index (χ1) is 13.9. The van der Waals surface area contributed by atoms with Crippen LogP contribution < -0.4 is 0 Å². The predicted octanol–water partition coefficient (Wildman–Crippen LogP) is 6.22. The Morgan fingerprint density at radius 1 is 0.900 bits per heavy atom. The van der Waals surface area contributed by atoms with Crippen molar-refractivity contribution in [2.75, 3.05) is 20.6 Å². The first-order valence-corrected chi connectivity index (χ1v) is 9.65. The summed E-state index contributed by atoms with van der Waals surface area (Å²) in [5, 5.41) is 0. The molecule has 3 rings (SSSR count). The Hall–Kier alpha value is -2.06. The molecule has 2 aromatic carbocycles. The second kappa shape index (κ2) is 8.23. The van der Waals surface area contributed by atoms with Gasteiger partial charge in [-0.25, -0.2) is 0 Å². The number of rotatable bonds is 4. The first-order valence-electron chi connectivity index (χ1n) is 9.65. The van der Waals surface area contributed by atoms with Gasteiger partial charge in [-0.05, 0) is 36.6 Å². The zero-order chi connectivity index (χ0) is 22.2. The number of likely N-dealkylation sites (tertiary alicyclic amines) is 1. The van der Waals surface area contributed by atoms with E-state index in [1.165, 1.54) is 0 Å².